The Morgan fingerprint density at radius 3 is 2.78 bits per heavy atom. The van der Waals surface area contributed by atoms with Gasteiger partial charge in [-0.05, 0) is 25.0 Å². The number of nitrogens with one attached hydrogen (secondary N) is 1. The molecule has 2 rings (SSSR count). The van der Waals surface area contributed by atoms with Crippen LogP contribution in [0.1, 0.15) is 12.8 Å². The maximum Gasteiger partial charge on any atom is 0.151 e. The molecule has 1 fully saturated rings. The van der Waals surface area contributed by atoms with E-state index in [2.05, 4.69) is 5.32 Å². The van der Waals surface area contributed by atoms with Gasteiger partial charge in [0.2, 0.25) is 0 Å². The van der Waals surface area contributed by atoms with E-state index in [0.717, 1.165) is 18.6 Å². The first-order valence-corrected chi connectivity index (χ1v) is 8.09. The first kappa shape index (κ1) is 13.4. The van der Waals surface area contributed by atoms with Gasteiger partial charge in [-0.3, -0.25) is 0 Å². The van der Waals surface area contributed by atoms with Crippen LogP contribution in [0, 0.1) is 0 Å². The molecule has 1 aromatic rings. The van der Waals surface area contributed by atoms with Crippen LogP contribution in [0.15, 0.2) is 30.3 Å². The van der Waals surface area contributed by atoms with Gasteiger partial charge in [0.15, 0.2) is 9.84 Å². The average Bonchev–Trinajstić information content (AvgIpc) is 2.35. The summed E-state index contributed by atoms with van der Waals surface area (Å²) >= 11 is 0. The summed E-state index contributed by atoms with van der Waals surface area (Å²) in [7, 11) is -2.82. The van der Waals surface area contributed by atoms with E-state index in [9.17, 15) is 8.42 Å². The van der Waals surface area contributed by atoms with Gasteiger partial charge in [-0.2, -0.15) is 0 Å². The second-order valence-corrected chi connectivity index (χ2v) is 6.80. The molecule has 1 aromatic carbocycles. The van der Waals surface area contributed by atoms with Gasteiger partial charge in [0.25, 0.3) is 0 Å². The molecule has 1 saturated heterocycles. The van der Waals surface area contributed by atoms with E-state index in [0.29, 0.717) is 18.9 Å². The average molecular weight is 269 g/mol. The molecule has 5 heteroatoms. The van der Waals surface area contributed by atoms with Gasteiger partial charge >= 0.3 is 0 Å². The smallest absolute Gasteiger partial charge is 0.151 e. The molecule has 4 nitrogen and oxygen atoms in total. The van der Waals surface area contributed by atoms with Gasteiger partial charge in [-0.15, -0.1) is 0 Å². The highest BCUT2D eigenvalue weighted by molar-refractivity contribution is 7.91. The minimum atomic E-state index is -2.82. The standard InChI is InChI=1S/C13H19NO3S/c15-18(16)10-4-5-12(11-18)14-8-9-17-13-6-2-1-3-7-13/h1-3,6-7,12,14H,4-5,8-11H2. The predicted octanol–water partition coefficient (Wildman–Crippen LogP) is 1.23. The van der Waals surface area contributed by atoms with Crippen molar-refractivity contribution in [1.82, 2.24) is 5.32 Å². The topological polar surface area (TPSA) is 55.4 Å². The number of para-hydroxylation sites is 1. The molecule has 0 spiro atoms. The lowest BCUT2D eigenvalue weighted by Gasteiger charge is -2.23. The Kier molecular flexibility index (Phi) is 4.60. The molecule has 0 bridgehead atoms. The van der Waals surface area contributed by atoms with Crippen molar-refractivity contribution in [2.24, 2.45) is 0 Å². The lowest BCUT2D eigenvalue weighted by atomic mass is 10.2. The zero-order valence-electron chi connectivity index (χ0n) is 10.3. The Morgan fingerprint density at radius 2 is 2.06 bits per heavy atom. The second-order valence-electron chi connectivity index (χ2n) is 4.57. The highest BCUT2D eigenvalue weighted by atomic mass is 32.2. The summed E-state index contributed by atoms with van der Waals surface area (Å²) in [5.41, 5.74) is 0. The van der Waals surface area contributed by atoms with Crippen LogP contribution in [0.25, 0.3) is 0 Å². The molecule has 1 aliphatic heterocycles. The van der Waals surface area contributed by atoms with Crippen LogP contribution in [-0.2, 0) is 9.84 Å². The predicted molar refractivity (Wildman–Crippen MR) is 71.6 cm³/mol. The van der Waals surface area contributed by atoms with Crippen LogP contribution < -0.4 is 10.1 Å². The number of sulfone groups is 1. The Hall–Kier alpha value is -1.07. The van der Waals surface area contributed by atoms with Crippen molar-refractivity contribution in [1.29, 1.82) is 0 Å². The fraction of sp³-hybridized carbons (Fsp3) is 0.538. The van der Waals surface area contributed by atoms with Gasteiger partial charge < -0.3 is 10.1 Å². The minimum absolute atomic E-state index is 0.0862. The monoisotopic (exact) mass is 269 g/mol. The summed E-state index contributed by atoms with van der Waals surface area (Å²) in [5.74, 6) is 1.44. The van der Waals surface area contributed by atoms with E-state index in [1.165, 1.54) is 0 Å². The summed E-state index contributed by atoms with van der Waals surface area (Å²) in [6.07, 6.45) is 1.70. The third kappa shape index (κ3) is 4.31. The van der Waals surface area contributed by atoms with Crippen LogP contribution in [0.5, 0.6) is 5.75 Å². The van der Waals surface area contributed by atoms with Gasteiger partial charge in [0.05, 0.1) is 11.5 Å². The molecule has 1 heterocycles. The van der Waals surface area contributed by atoms with Crippen molar-refractivity contribution < 1.29 is 13.2 Å². The van der Waals surface area contributed by atoms with E-state index >= 15 is 0 Å². The van der Waals surface area contributed by atoms with E-state index in [1.54, 1.807) is 0 Å². The number of benzene rings is 1. The largest absolute Gasteiger partial charge is 0.492 e. The van der Waals surface area contributed by atoms with Crippen LogP contribution >= 0.6 is 0 Å². The molecule has 1 aliphatic rings. The molecule has 0 amide bonds. The van der Waals surface area contributed by atoms with Crippen molar-refractivity contribution in [2.45, 2.75) is 18.9 Å². The second kappa shape index (κ2) is 6.20. The van der Waals surface area contributed by atoms with Crippen molar-refractivity contribution in [3.8, 4) is 5.75 Å². The molecule has 100 valence electrons. The summed E-state index contributed by atoms with van der Waals surface area (Å²) in [5, 5.41) is 3.24. The number of rotatable bonds is 5. The Labute approximate surface area is 108 Å². The Balaban J connectivity index is 1.67. The fourth-order valence-electron chi connectivity index (χ4n) is 2.13. The Bertz CT molecular complexity index is 458. The van der Waals surface area contributed by atoms with Gasteiger partial charge in [0, 0.05) is 12.6 Å². The number of hydrogen-bond acceptors (Lipinski definition) is 4. The molecule has 0 saturated carbocycles. The van der Waals surface area contributed by atoms with Gasteiger partial charge in [-0.25, -0.2) is 8.42 Å². The van der Waals surface area contributed by atoms with E-state index in [-0.39, 0.29) is 11.8 Å². The van der Waals surface area contributed by atoms with E-state index in [4.69, 9.17) is 4.74 Å². The highest BCUT2D eigenvalue weighted by Gasteiger charge is 2.23. The number of ether oxygens (including phenoxy) is 1. The van der Waals surface area contributed by atoms with Gasteiger partial charge in [-0.1, -0.05) is 18.2 Å². The molecule has 1 N–H and O–H groups in total. The SMILES string of the molecule is O=S1(=O)CCCC(NCCOc2ccccc2)C1. The summed E-state index contributed by atoms with van der Waals surface area (Å²) in [6, 6.07) is 9.70. The molecular formula is C13H19NO3S. The van der Waals surface area contributed by atoms with Gasteiger partial charge in [0.1, 0.15) is 12.4 Å². The van der Waals surface area contributed by atoms with Crippen LogP contribution in [0.4, 0.5) is 0 Å². The molecule has 0 radical (unpaired) electrons. The lowest BCUT2D eigenvalue weighted by Crippen LogP contribution is -2.41. The third-order valence-corrected chi connectivity index (χ3v) is 4.83. The minimum Gasteiger partial charge on any atom is -0.492 e. The summed E-state index contributed by atoms with van der Waals surface area (Å²) < 4.78 is 28.4. The normalized spacial score (nSPS) is 22.6. The third-order valence-electron chi connectivity index (χ3n) is 3.01. The summed E-state index contributed by atoms with van der Waals surface area (Å²) in [6.45, 7) is 1.23. The molecule has 0 aliphatic carbocycles. The Morgan fingerprint density at radius 1 is 1.28 bits per heavy atom. The van der Waals surface area contributed by atoms with Crippen molar-refractivity contribution in [2.75, 3.05) is 24.7 Å². The van der Waals surface area contributed by atoms with Crippen LogP contribution in [-0.4, -0.2) is 39.1 Å². The van der Waals surface area contributed by atoms with Crippen molar-refractivity contribution in [3.63, 3.8) is 0 Å². The maximum absolute atomic E-state index is 11.4. The highest BCUT2D eigenvalue weighted by Crippen LogP contribution is 2.12. The van der Waals surface area contributed by atoms with E-state index in [1.807, 2.05) is 30.3 Å². The molecular weight excluding hydrogens is 250 g/mol. The zero-order chi connectivity index (χ0) is 12.8. The van der Waals surface area contributed by atoms with Crippen molar-refractivity contribution >= 4 is 9.84 Å². The molecule has 1 atom stereocenters. The first-order valence-electron chi connectivity index (χ1n) is 6.27. The summed E-state index contributed by atoms with van der Waals surface area (Å²) in [4.78, 5) is 0. The molecule has 0 aromatic heterocycles. The number of hydrogen-bond donors (Lipinski definition) is 1. The maximum atomic E-state index is 11.4. The fourth-order valence-corrected chi connectivity index (χ4v) is 3.80. The van der Waals surface area contributed by atoms with Crippen LogP contribution in [0.3, 0.4) is 0 Å². The van der Waals surface area contributed by atoms with Crippen LogP contribution in [0.2, 0.25) is 0 Å². The quantitative estimate of drug-likeness (QED) is 0.817. The van der Waals surface area contributed by atoms with E-state index < -0.39 is 9.84 Å². The lowest BCUT2D eigenvalue weighted by molar-refractivity contribution is 0.304. The van der Waals surface area contributed by atoms with Crippen molar-refractivity contribution in [3.05, 3.63) is 30.3 Å². The molecule has 18 heavy (non-hydrogen) atoms. The molecule has 1 unspecified atom stereocenters. The zero-order valence-corrected chi connectivity index (χ0v) is 11.2. The first-order chi connectivity index (χ1) is 8.66.